The number of benzene rings is 1. The summed E-state index contributed by atoms with van der Waals surface area (Å²) in [5, 5.41) is 8.83. The summed E-state index contributed by atoms with van der Waals surface area (Å²) >= 11 is 0. The van der Waals surface area contributed by atoms with Crippen molar-refractivity contribution in [1.82, 2.24) is 0 Å². The Labute approximate surface area is 130 Å². The predicted molar refractivity (Wildman–Crippen MR) is 86.2 cm³/mol. The monoisotopic (exact) mass is 306 g/mol. The molecule has 0 radical (unpaired) electrons. The molecule has 0 aliphatic rings. The molecule has 1 aromatic rings. The summed E-state index contributed by atoms with van der Waals surface area (Å²) in [6.07, 6.45) is 1.86. The van der Waals surface area contributed by atoms with Gasteiger partial charge in [-0.25, -0.2) is 9.38 Å². The quantitative estimate of drug-likeness (QED) is 0.624. The van der Waals surface area contributed by atoms with E-state index in [-0.39, 0.29) is 24.1 Å². The largest absolute Gasteiger partial charge is 0.481 e. The van der Waals surface area contributed by atoms with Crippen molar-refractivity contribution in [3.8, 4) is 0 Å². The van der Waals surface area contributed by atoms with Gasteiger partial charge < -0.3 is 10.8 Å². The Bertz CT molecular complexity index is 607. The van der Waals surface area contributed by atoms with Gasteiger partial charge >= 0.3 is 5.97 Å². The highest BCUT2D eigenvalue weighted by molar-refractivity contribution is 5.98. The van der Waals surface area contributed by atoms with E-state index in [1.54, 1.807) is 19.1 Å². The molecule has 0 spiro atoms. The van der Waals surface area contributed by atoms with Crippen molar-refractivity contribution in [3.63, 3.8) is 0 Å². The van der Waals surface area contributed by atoms with Crippen molar-refractivity contribution >= 4 is 11.8 Å². The Morgan fingerprint density at radius 1 is 1.41 bits per heavy atom. The Morgan fingerprint density at radius 2 is 2.05 bits per heavy atom. The van der Waals surface area contributed by atoms with E-state index < -0.39 is 5.97 Å². The van der Waals surface area contributed by atoms with E-state index in [9.17, 15) is 9.18 Å². The number of aliphatic imine (C=N–C) groups is 1. The van der Waals surface area contributed by atoms with E-state index >= 15 is 0 Å². The Kier molecular flexibility index (Phi) is 6.28. The van der Waals surface area contributed by atoms with Crippen LogP contribution in [0.3, 0.4) is 0 Å². The smallest absolute Gasteiger partial charge is 0.303 e. The van der Waals surface area contributed by atoms with Crippen molar-refractivity contribution in [1.29, 1.82) is 0 Å². The number of carboxylic acid groups (broad SMARTS) is 1. The van der Waals surface area contributed by atoms with Gasteiger partial charge in [0.25, 0.3) is 0 Å². The Balaban J connectivity index is 3.08. The van der Waals surface area contributed by atoms with E-state index in [1.165, 1.54) is 6.07 Å². The summed E-state index contributed by atoms with van der Waals surface area (Å²) < 4.78 is 13.3. The fourth-order valence-corrected chi connectivity index (χ4v) is 1.99. The first-order valence-corrected chi connectivity index (χ1v) is 7.25. The lowest BCUT2D eigenvalue weighted by Crippen LogP contribution is -2.15. The van der Waals surface area contributed by atoms with Crippen LogP contribution in [0, 0.1) is 24.6 Å². The summed E-state index contributed by atoms with van der Waals surface area (Å²) in [7, 11) is 0. The number of aliphatic carboxylic acids is 1. The molecule has 1 atom stereocenters. The minimum Gasteiger partial charge on any atom is -0.481 e. The zero-order valence-corrected chi connectivity index (χ0v) is 13.4. The van der Waals surface area contributed by atoms with Crippen LogP contribution < -0.4 is 5.73 Å². The molecule has 0 bridgehead atoms. The zero-order chi connectivity index (χ0) is 16.9. The molecule has 0 saturated carbocycles. The third kappa shape index (κ3) is 5.31. The van der Waals surface area contributed by atoms with Gasteiger partial charge in [0.2, 0.25) is 0 Å². The number of hydrogen-bond acceptors (Lipinski definition) is 2. The number of rotatable bonds is 6. The number of halogens is 1. The fourth-order valence-electron chi connectivity index (χ4n) is 1.99. The first kappa shape index (κ1) is 17.9. The van der Waals surface area contributed by atoms with Crippen LogP contribution in [0.25, 0.3) is 0 Å². The minimum absolute atomic E-state index is 0.0430. The molecule has 4 nitrogen and oxygen atoms in total. The lowest BCUT2D eigenvalue weighted by Gasteiger charge is -2.11. The van der Waals surface area contributed by atoms with Crippen LogP contribution in [0.15, 0.2) is 35.0 Å². The first-order chi connectivity index (χ1) is 10.2. The van der Waals surface area contributed by atoms with Crippen LogP contribution in [-0.2, 0) is 4.79 Å². The van der Waals surface area contributed by atoms with Crippen molar-refractivity contribution in [2.45, 2.75) is 34.1 Å². The highest BCUT2D eigenvalue weighted by Crippen LogP contribution is 2.18. The molecule has 5 heteroatoms. The molecule has 22 heavy (non-hydrogen) atoms. The summed E-state index contributed by atoms with van der Waals surface area (Å²) in [6, 6.07) is 4.59. The second-order valence-electron chi connectivity index (χ2n) is 5.78. The Morgan fingerprint density at radius 3 is 2.55 bits per heavy atom. The number of carboxylic acids is 1. The molecule has 0 saturated heterocycles. The van der Waals surface area contributed by atoms with Crippen molar-refractivity contribution < 1.29 is 14.3 Å². The predicted octanol–water partition coefficient (Wildman–Crippen LogP) is 3.49. The number of carbonyl (C=O) groups is 1. The summed E-state index contributed by atoms with van der Waals surface area (Å²) in [5.41, 5.74) is 7.88. The molecule has 0 amide bonds. The molecule has 1 unspecified atom stereocenters. The average Bonchev–Trinajstić information content (AvgIpc) is 2.39. The summed E-state index contributed by atoms with van der Waals surface area (Å²) in [4.78, 5) is 15.2. The normalized spacial score (nSPS) is 14.3. The van der Waals surface area contributed by atoms with Gasteiger partial charge in [0.1, 0.15) is 11.7 Å². The topological polar surface area (TPSA) is 75.7 Å². The van der Waals surface area contributed by atoms with Gasteiger partial charge in [0.15, 0.2) is 0 Å². The molecule has 0 fully saturated rings. The van der Waals surface area contributed by atoms with E-state index in [4.69, 9.17) is 10.8 Å². The molecule has 0 aromatic heterocycles. The summed E-state index contributed by atoms with van der Waals surface area (Å²) in [5.74, 6) is -0.868. The number of nitrogens with two attached hydrogens (primary N) is 1. The van der Waals surface area contributed by atoms with Crippen molar-refractivity contribution in [2.75, 3.05) is 0 Å². The van der Waals surface area contributed by atoms with Crippen LogP contribution in [0.2, 0.25) is 0 Å². The van der Waals surface area contributed by atoms with Gasteiger partial charge in [-0.15, -0.1) is 0 Å². The molecule has 1 aromatic carbocycles. The first-order valence-electron chi connectivity index (χ1n) is 7.25. The van der Waals surface area contributed by atoms with Gasteiger partial charge in [0, 0.05) is 11.3 Å². The molecule has 3 N–H and O–H groups in total. The van der Waals surface area contributed by atoms with Gasteiger partial charge in [-0.1, -0.05) is 26.8 Å². The van der Waals surface area contributed by atoms with Gasteiger partial charge in [0.05, 0.1) is 6.42 Å². The molecule has 120 valence electrons. The Hall–Kier alpha value is -2.17. The van der Waals surface area contributed by atoms with Crippen LogP contribution >= 0.6 is 0 Å². The number of amidine groups is 1. The van der Waals surface area contributed by atoms with Gasteiger partial charge in [-0.05, 0) is 42.5 Å². The average molecular weight is 306 g/mol. The molecule has 1 rings (SSSR count). The van der Waals surface area contributed by atoms with Crippen LogP contribution in [0.4, 0.5) is 4.39 Å². The van der Waals surface area contributed by atoms with Gasteiger partial charge in [-0.2, -0.15) is 0 Å². The maximum atomic E-state index is 13.3. The third-order valence-corrected chi connectivity index (χ3v) is 3.25. The zero-order valence-electron chi connectivity index (χ0n) is 13.4. The minimum atomic E-state index is -0.849. The molecule has 0 aliphatic heterocycles. The standard InChI is InChI=1S/C17H23FN2O2/c1-10(2)15(7-11(3)8-16(21)22)20-17(19)13-5-6-14(18)12(4)9-13/h5-7,9-11H,8H2,1-4H3,(H2,19,20)(H,21,22)/b15-7+. The van der Waals surface area contributed by atoms with Crippen LogP contribution in [0.5, 0.6) is 0 Å². The molecular formula is C17H23FN2O2. The maximum absolute atomic E-state index is 13.3. The summed E-state index contributed by atoms with van der Waals surface area (Å²) in [6.45, 7) is 7.42. The van der Waals surface area contributed by atoms with E-state index in [2.05, 4.69) is 4.99 Å². The highest BCUT2D eigenvalue weighted by Gasteiger charge is 2.10. The highest BCUT2D eigenvalue weighted by atomic mass is 19.1. The molecule has 0 aliphatic carbocycles. The molecular weight excluding hydrogens is 283 g/mol. The van der Waals surface area contributed by atoms with E-state index in [1.807, 2.05) is 26.8 Å². The number of allylic oxidation sites excluding steroid dienone is 2. The second-order valence-corrected chi connectivity index (χ2v) is 5.78. The van der Waals surface area contributed by atoms with Crippen molar-refractivity contribution in [2.24, 2.45) is 22.6 Å². The second kappa shape index (κ2) is 7.73. The van der Waals surface area contributed by atoms with Crippen LogP contribution in [-0.4, -0.2) is 16.9 Å². The number of hydrogen-bond donors (Lipinski definition) is 2. The lowest BCUT2D eigenvalue weighted by atomic mass is 10.0. The van der Waals surface area contributed by atoms with E-state index in [0.717, 1.165) is 5.70 Å². The van der Waals surface area contributed by atoms with Crippen molar-refractivity contribution in [3.05, 3.63) is 46.9 Å². The van der Waals surface area contributed by atoms with E-state index in [0.29, 0.717) is 17.0 Å². The third-order valence-electron chi connectivity index (χ3n) is 3.25. The maximum Gasteiger partial charge on any atom is 0.303 e. The number of aryl methyl sites for hydroxylation is 1. The number of nitrogens with zero attached hydrogens (tertiary/aromatic N) is 1. The molecule has 0 heterocycles. The van der Waals surface area contributed by atoms with Crippen LogP contribution in [0.1, 0.15) is 38.3 Å². The fraction of sp³-hybridized carbons (Fsp3) is 0.412. The van der Waals surface area contributed by atoms with Gasteiger partial charge in [-0.3, -0.25) is 4.79 Å². The lowest BCUT2D eigenvalue weighted by molar-refractivity contribution is -0.137. The SMILES string of the molecule is Cc1cc(C(N)=N/C(=C/C(C)CC(=O)O)C(C)C)ccc1F.